The Morgan fingerprint density at radius 2 is 1.91 bits per heavy atom. The summed E-state index contributed by atoms with van der Waals surface area (Å²) in [6.07, 6.45) is -1.96. The molecule has 0 saturated carbocycles. The average molecular weight is 494 g/mol. The number of aliphatic hydroxyl groups is 2. The van der Waals surface area contributed by atoms with Gasteiger partial charge in [-0.2, -0.15) is 4.21 Å². The average Bonchev–Trinajstić information content (AvgIpc) is 2.78. The third kappa shape index (κ3) is 5.80. The number of fused-ring (bicyclic) bond motifs is 3. The summed E-state index contributed by atoms with van der Waals surface area (Å²) in [6.45, 7) is 7.44. The van der Waals surface area contributed by atoms with Crippen molar-refractivity contribution in [2.45, 2.75) is 70.5 Å². The van der Waals surface area contributed by atoms with Crippen LogP contribution in [0.25, 0.3) is 11.3 Å². The fraction of sp³-hybridized carbons (Fsp3) is 0.542. The molecule has 0 amide bonds. The van der Waals surface area contributed by atoms with Crippen molar-refractivity contribution in [1.82, 2.24) is 9.97 Å². The Morgan fingerprint density at radius 1 is 1.26 bits per heavy atom. The van der Waals surface area contributed by atoms with Gasteiger partial charge in [0.25, 0.3) is 0 Å². The van der Waals surface area contributed by atoms with Crippen LogP contribution in [0.15, 0.2) is 18.2 Å². The van der Waals surface area contributed by atoms with E-state index in [9.17, 15) is 19.4 Å². The van der Waals surface area contributed by atoms with Crippen LogP contribution >= 0.6 is 0 Å². The maximum Gasteiger partial charge on any atom is 0.250 e. The number of aromatic nitrogens is 2. The van der Waals surface area contributed by atoms with E-state index >= 15 is 0 Å². The van der Waals surface area contributed by atoms with E-state index in [1.54, 1.807) is 13.1 Å². The quantitative estimate of drug-likeness (QED) is 0.535. The Bertz CT molecular complexity index is 1020. The van der Waals surface area contributed by atoms with Crippen molar-refractivity contribution >= 4 is 24.3 Å². The largest absolute Gasteiger partial charge is 0.393 e. The van der Waals surface area contributed by atoms with Gasteiger partial charge >= 0.3 is 0 Å². The lowest BCUT2D eigenvalue weighted by atomic mass is 9.69. The van der Waals surface area contributed by atoms with Crippen molar-refractivity contribution < 1.29 is 28.4 Å². The predicted octanol–water partition coefficient (Wildman–Crippen LogP) is 3.36. The molecule has 1 aromatic heterocycles. The monoisotopic (exact) mass is 493 g/mol. The van der Waals surface area contributed by atoms with E-state index in [0.717, 1.165) is 16.8 Å². The molecule has 1 unspecified atom stereocenters. The lowest BCUT2D eigenvalue weighted by molar-refractivity contribution is -0.119. The predicted molar refractivity (Wildman–Crippen MR) is 128 cm³/mol. The van der Waals surface area contributed by atoms with Crippen molar-refractivity contribution in [2.24, 2.45) is 0 Å². The molecule has 8 nitrogen and oxygen atoms in total. The maximum absolute atomic E-state index is 14.3. The number of carbonyl (C=O) groups excluding carboxylic acids is 1. The van der Waals surface area contributed by atoms with Crippen molar-refractivity contribution in [3.63, 3.8) is 0 Å². The van der Waals surface area contributed by atoms with Crippen LogP contribution in [0.2, 0.25) is 0 Å². The lowest BCUT2D eigenvalue weighted by Gasteiger charge is -2.38. The van der Waals surface area contributed by atoms with Gasteiger partial charge in [-0.3, -0.25) is 9.63 Å². The van der Waals surface area contributed by atoms with Crippen LogP contribution in [0.5, 0.6) is 0 Å². The molecule has 0 fully saturated rings. The summed E-state index contributed by atoms with van der Waals surface area (Å²) in [5, 5.41) is 22.9. The van der Waals surface area contributed by atoms with Gasteiger partial charge in [0, 0.05) is 36.9 Å². The van der Waals surface area contributed by atoms with Gasteiger partial charge in [-0.25, -0.2) is 19.4 Å². The zero-order valence-electron chi connectivity index (χ0n) is 20.3. The van der Waals surface area contributed by atoms with Crippen LogP contribution in [0, 0.1) is 5.82 Å². The molecular formula is C24H32FN3O5S. The minimum Gasteiger partial charge on any atom is -0.393 e. The number of hydroxylamine groups is 1. The Hall–Kier alpha value is -2.40. The Labute approximate surface area is 204 Å². The van der Waals surface area contributed by atoms with Crippen LogP contribution in [-0.2, 0) is 22.2 Å². The summed E-state index contributed by atoms with van der Waals surface area (Å²) in [6, 6.07) is 4.48. The van der Waals surface area contributed by atoms with Crippen LogP contribution < -0.4 is 5.06 Å². The molecule has 0 spiro atoms. The van der Waals surface area contributed by atoms with Gasteiger partial charge in [0.1, 0.15) is 11.6 Å². The molecule has 1 aromatic carbocycles. The lowest BCUT2D eigenvalue weighted by Crippen LogP contribution is -2.32. The zero-order chi connectivity index (χ0) is 25.7. The molecule has 3 rings (SSSR count). The number of benzene rings is 1. The highest BCUT2D eigenvalue weighted by Gasteiger charge is 2.40. The molecule has 0 saturated heterocycles. The second-order valence-electron chi connectivity index (χ2n) is 8.91. The number of rotatable bonds is 8. The van der Waals surface area contributed by atoms with Crippen LogP contribution in [0.4, 0.5) is 10.3 Å². The molecule has 1 aliphatic carbocycles. The van der Waals surface area contributed by atoms with Crippen LogP contribution in [0.3, 0.4) is 0 Å². The molecular weight excluding hydrogens is 461 g/mol. The Balaban J connectivity index is 0.00000199. The summed E-state index contributed by atoms with van der Waals surface area (Å²) < 4.78 is 22.1. The van der Waals surface area contributed by atoms with E-state index in [2.05, 4.69) is 12.5 Å². The molecule has 0 radical (unpaired) electrons. The van der Waals surface area contributed by atoms with E-state index in [4.69, 9.17) is 19.0 Å². The van der Waals surface area contributed by atoms with Crippen molar-refractivity contribution in [3.05, 3.63) is 40.8 Å². The number of ketones is 1. The van der Waals surface area contributed by atoms with Gasteiger partial charge in [0.05, 0.1) is 30.7 Å². The van der Waals surface area contributed by atoms with Gasteiger partial charge in [-0.1, -0.05) is 20.8 Å². The SMILES string of the molecule is CON(C)c1nc2c(c(C(C)C)n1)C(C)[C@@H]([C@@H](O)C[C@@H](O)CC(C)=O)c1cc(F)ccc1-2.O=S. The minimum absolute atomic E-state index is 0.0161. The fourth-order valence-corrected chi connectivity index (χ4v) is 4.65. The Morgan fingerprint density at radius 3 is 2.47 bits per heavy atom. The number of nitrogens with zero attached hydrogens (tertiary/aromatic N) is 3. The summed E-state index contributed by atoms with van der Waals surface area (Å²) in [5.74, 6) is -0.814. The molecule has 2 aromatic rings. The van der Waals surface area contributed by atoms with E-state index in [1.807, 2.05) is 20.8 Å². The molecule has 1 heterocycles. The van der Waals surface area contributed by atoms with Gasteiger partial charge in [-0.05, 0) is 42.5 Å². The van der Waals surface area contributed by atoms with E-state index < -0.39 is 23.9 Å². The molecule has 10 heteroatoms. The van der Waals surface area contributed by atoms with Crippen molar-refractivity contribution in [1.29, 1.82) is 0 Å². The Kier molecular flexibility index (Phi) is 9.69. The highest BCUT2D eigenvalue weighted by atomic mass is 32.1. The van der Waals surface area contributed by atoms with E-state index in [0.29, 0.717) is 17.2 Å². The number of hydrogen-bond donors (Lipinski definition) is 2. The minimum atomic E-state index is -0.977. The van der Waals surface area contributed by atoms with Crippen molar-refractivity contribution in [3.8, 4) is 11.3 Å². The first-order valence-corrected chi connectivity index (χ1v) is 11.4. The summed E-state index contributed by atoms with van der Waals surface area (Å²) in [7, 11) is 3.25. The topological polar surface area (TPSA) is 113 Å². The van der Waals surface area contributed by atoms with E-state index in [1.165, 1.54) is 31.2 Å². The summed E-state index contributed by atoms with van der Waals surface area (Å²) >= 11 is 2.83. The second kappa shape index (κ2) is 11.8. The first-order valence-electron chi connectivity index (χ1n) is 11.1. The van der Waals surface area contributed by atoms with Gasteiger partial charge in [0.2, 0.25) is 5.95 Å². The van der Waals surface area contributed by atoms with Gasteiger partial charge in [0.15, 0.2) is 12.5 Å². The number of anilines is 1. The summed E-state index contributed by atoms with van der Waals surface area (Å²) in [5.41, 5.74) is 3.78. The van der Waals surface area contributed by atoms with Gasteiger partial charge < -0.3 is 10.2 Å². The number of hydrogen-bond acceptors (Lipinski definition) is 9. The fourth-order valence-electron chi connectivity index (χ4n) is 4.65. The highest BCUT2D eigenvalue weighted by molar-refractivity contribution is 7.44. The van der Waals surface area contributed by atoms with E-state index in [-0.39, 0.29) is 30.5 Å². The first-order chi connectivity index (χ1) is 16.0. The highest BCUT2D eigenvalue weighted by Crippen LogP contribution is 2.50. The second-order valence-corrected chi connectivity index (χ2v) is 8.91. The van der Waals surface area contributed by atoms with Crippen LogP contribution in [-0.4, -0.2) is 56.5 Å². The first kappa shape index (κ1) is 27.8. The molecule has 34 heavy (non-hydrogen) atoms. The maximum atomic E-state index is 14.3. The van der Waals surface area contributed by atoms with Gasteiger partial charge in [-0.15, -0.1) is 0 Å². The molecule has 1 aliphatic rings. The normalized spacial score (nSPS) is 18.3. The standard InChI is InChI=1S/C24H32FN3O4.OS/c1-12(2)22-21-14(4)20(19(31)11-16(30)9-13(3)29)18-10-15(25)7-8-17(18)23(21)27-24(26-22)28(5)32-6;1-2/h7-8,10,12,14,16,19-20,30-31H,9,11H2,1-6H3;/t14?,16-,19-,20+;/m0./s1. The molecule has 2 N–H and O–H groups in total. The number of aliphatic hydroxyl groups excluding tert-OH is 2. The summed E-state index contributed by atoms with van der Waals surface area (Å²) in [4.78, 5) is 26.1. The number of halogens is 1. The molecule has 186 valence electrons. The zero-order valence-corrected chi connectivity index (χ0v) is 21.1. The van der Waals surface area contributed by atoms with Crippen molar-refractivity contribution in [2.75, 3.05) is 19.2 Å². The third-order valence-electron chi connectivity index (χ3n) is 6.14. The molecule has 4 atom stereocenters. The molecule has 0 bridgehead atoms. The van der Waals surface area contributed by atoms with Crippen LogP contribution in [0.1, 0.15) is 75.1 Å². The number of Topliss-reactive ketones (excluding diaryl/α,β-unsaturated/α-hetero) is 1. The third-order valence-corrected chi connectivity index (χ3v) is 6.14. The number of carbonyl (C=O) groups is 1. The smallest absolute Gasteiger partial charge is 0.250 e. The molecule has 0 aliphatic heterocycles.